The molecule has 114 valence electrons. The van der Waals surface area contributed by atoms with Crippen molar-refractivity contribution in [2.75, 3.05) is 11.9 Å². The summed E-state index contributed by atoms with van der Waals surface area (Å²) in [6.07, 6.45) is 3.31. The van der Waals surface area contributed by atoms with Crippen LogP contribution in [-0.4, -0.2) is 22.6 Å². The lowest BCUT2D eigenvalue weighted by Gasteiger charge is -2.30. The van der Waals surface area contributed by atoms with Crippen LogP contribution < -0.4 is 5.32 Å². The van der Waals surface area contributed by atoms with Crippen LogP contribution in [0.1, 0.15) is 45.7 Å². The van der Waals surface area contributed by atoms with Gasteiger partial charge in [-0.05, 0) is 36.3 Å². The fourth-order valence-corrected chi connectivity index (χ4v) is 2.33. The van der Waals surface area contributed by atoms with Crippen molar-refractivity contribution in [3.8, 4) is 6.07 Å². The number of aliphatic carboxylic acids is 1. The average Bonchev–Trinajstić information content (AvgIpc) is 2.41. The molecule has 0 saturated heterocycles. The summed E-state index contributed by atoms with van der Waals surface area (Å²) >= 11 is 0. The zero-order chi connectivity index (χ0) is 15.9. The first-order chi connectivity index (χ1) is 9.84. The van der Waals surface area contributed by atoms with Crippen molar-refractivity contribution in [3.63, 3.8) is 0 Å². The summed E-state index contributed by atoms with van der Waals surface area (Å²) in [6.45, 7) is 7.08. The van der Waals surface area contributed by atoms with Gasteiger partial charge < -0.3 is 10.4 Å². The van der Waals surface area contributed by atoms with Gasteiger partial charge in [0.25, 0.3) is 0 Å². The summed E-state index contributed by atoms with van der Waals surface area (Å²) in [6, 6.07) is 5.67. The summed E-state index contributed by atoms with van der Waals surface area (Å²) in [5.41, 5.74) is 1.17. The fraction of sp³-hybridized carbons (Fsp3) is 0.562. The van der Waals surface area contributed by atoms with Crippen LogP contribution in [0.4, 0.5) is 5.69 Å². The largest absolute Gasteiger partial charge is 0.481 e. The molecule has 1 aromatic rings. The molecule has 0 saturated carbocycles. The molecule has 21 heavy (non-hydrogen) atoms. The molecular formula is C16H23N3O2. The maximum Gasteiger partial charge on any atom is 0.303 e. The van der Waals surface area contributed by atoms with Crippen molar-refractivity contribution >= 4 is 11.7 Å². The molecular weight excluding hydrogens is 266 g/mol. The number of nitrogens with zero attached hydrogens (tertiary/aromatic N) is 2. The molecule has 1 aromatic heterocycles. The highest BCUT2D eigenvalue weighted by Crippen LogP contribution is 2.32. The van der Waals surface area contributed by atoms with E-state index in [9.17, 15) is 4.79 Å². The van der Waals surface area contributed by atoms with Gasteiger partial charge in [0.05, 0.1) is 5.69 Å². The van der Waals surface area contributed by atoms with Crippen LogP contribution in [-0.2, 0) is 4.79 Å². The number of carboxylic acid groups (broad SMARTS) is 1. The topological polar surface area (TPSA) is 86.0 Å². The van der Waals surface area contributed by atoms with E-state index >= 15 is 0 Å². The van der Waals surface area contributed by atoms with E-state index in [0.29, 0.717) is 24.6 Å². The lowest BCUT2D eigenvalue weighted by atomic mass is 9.76. The zero-order valence-corrected chi connectivity index (χ0v) is 12.9. The standard InChI is InChI=1S/C16H23N3O2/c1-16(2,3)12(6-7-15(20)21)8-10-19-13-5-4-9-18-14(13)11-17/h4-5,9,12,19H,6-8,10H2,1-3H3,(H,20,21). The maximum absolute atomic E-state index is 10.7. The maximum atomic E-state index is 10.7. The first kappa shape index (κ1) is 17.0. The van der Waals surface area contributed by atoms with Crippen LogP contribution >= 0.6 is 0 Å². The quantitative estimate of drug-likeness (QED) is 0.804. The van der Waals surface area contributed by atoms with Crippen molar-refractivity contribution in [2.45, 2.75) is 40.0 Å². The molecule has 0 aliphatic rings. The Kier molecular flexibility index (Phi) is 6.16. The number of nitrogens with one attached hydrogen (secondary N) is 1. The number of carboxylic acids is 1. The average molecular weight is 289 g/mol. The molecule has 0 fully saturated rings. The van der Waals surface area contributed by atoms with Crippen molar-refractivity contribution in [3.05, 3.63) is 24.0 Å². The van der Waals surface area contributed by atoms with Crippen molar-refractivity contribution in [1.82, 2.24) is 4.98 Å². The molecule has 0 radical (unpaired) electrons. The molecule has 0 amide bonds. The van der Waals surface area contributed by atoms with Gasteiger partial charge in [-0.25, -0.2) is 4.98 Å². The number of pyridine rings is 1. The zero-order valence-electron chi connectivity index (χ0n) is 12.9. The lowest BCUT2D eigenvalue weighted by Crippen LogP contribution is -2.24. The molecule has 0 aromatic carbocycles. The second kappa shape index (κ2) is 7.63. The Morgan fingerprint density at radius 2 is 2.19 bits per heavy atom. The third kappa shape index (κ3) is 5.82. The second-order valence-electron chi connectivity index (χ2n) is 6.22. The van der Waals surface area contributed by atoms with Gasteiger partial charge >= 0.3 is 5.97 Å². The number of hydrogen-bond acceptors (Lipinski definition) is 4. The molecule has 0 bridgehead atoms. The van der Waals surface area contributed by atoms with Gasteiger partial charge in [0.1, 0.15) is 6.07 Å². The van der Waals surface area contributed by atoms with Crippen LogP contribution in [0.15, 0.2) is 18.3 Å². The number of rotatable bonds is 7. The van der Waals surface area contributed by atoms with Gasteiger partial charge in [0.15, 0.2) is 5.69 Å². The van der Waals surface area contributed by atoms with E-state index in [1.807, 2.05) is 6.07 Å². The SMILES string of the molecule is CC(C)(C)C(CCNc1cccnc1C#N)CCC(=O)O. The summed E-state index contributed by atoms with van der Waals surface area (Å²) in [7, 11) is 0. The third-order valence-electron chi connectivity index (χ3n) is 3.65. The number of hydrogen-bond donors (Lipinski definition) is 2. The lowest BCUT2D eigenvalue weighted by molar-refractivity contribution is -0.137. The highest BCUT2D eigenvalue weighted by molar-refractivity contribution is 5.66. The molecule has 0 aliphatic heterocycles. The minimum absolute atomic E-state index is 0.0596. The van der Waals surface area contributed by atoms with E-state index in [2.05, 4.69) is 37.1 Å². The molecule has 5 heteroatoms. The fourth-order valence-electron chi connectivity index (χ4n) is 2.33. The first-order valence-electron chi connectivity index (χ1n) is 7.15. The van der Waals surface area contributed by atoms with Crippen LogP contribution in [0.5, 0.6) is 0 Å². The van der Waals surface area contributed by atoms with Gasteiger partial charge in [-0.3, -0.25) is 4.79 Å². The molecule has 2 N–H and O–H groups in total. The Morgan fingerprint density at radius 3 is 2.76 bits per heavy atom. The van der Waals surface area contributed by atoms with Crippen molar-refractivity contribution in [1.29, 1.82) is 5.26 Å². The summed E-state index contributed by atoms with van der Waals surface area (Å²) in [4.78, 5) is 14.8. The minimum Gasteiger partial charge on any atom is -0.481 e. The van der Waals surface area contributed by atoms with E-state index in [0.717, 1.165) is 12.1 Å². The van der Waals surface area contributed by atoms with Gasteiger partial charge in [-0.15, -0.1) is 0 Å². The van der Waals surface area contributed by atoms with E-state index in [1.165, 1.54) is 0 Å². The summed E-state index contributed by atoms with van der Waals surface area (Å²) < 4.78 is 0. The Balaban J connectivity index is 2.57. The van der Waals surface area contributed by atoms with E-state index in [-0.39, 0.29) is 11.8 Å². The normalized spacial score (nSPS) is 12.5. The molecule has 1 heterocycles. The Bertz CT molecular complexity index is 515. The van der Waals surface area contributed by atoms with Crippen molar-refractivity contribution < 1.29 is 9.90 Å². The van der Waals surface area contributed by atoms with Crippen LogP contribution in [0.2, 0.25) is 0 Å². The Labute approximate surface area is 126 Å². The minimum atomic E-state index is -0.753. The van der Waals surface area contributed by atoms with Crippen LogP contribution in [0.25, 0.3) is 0 Å². The molecule has 5 nitrogen and oxygen atoms in total. The Hall–Kier alpha value is -2.09. The van der Waals surface area contributed by atoms with Gasteiger partial charge in [0, 0.05) is 19.2 Å². The summed E-state index contributed by atoms with van der Waals surface area (Å²) in [5, 5.41) is 21.0. The molecule has 1 unspecified atom stereocenters. The number of nitriles is 1. The van der Waals surface area contributed by atoms with E-state index in [4.69, 9.17) is 10.4 Å². The Morgan fingerprint density at radius 1 is 1.48 bits per heavy atom. The van der Waals surface area contributed by atoms with Gasteiger partial charge in [0.2, 0.25) is 0 Å². The second-order valence-corrected chi connectivity index (χ2v) is 6.22. The smallest absolute Gasteiger partial charge is 0.303 e. The predicted molar refractivity (Wildman–Crippen MR) is 81.9 cm³/mol. The highest BCUT2D eigenvalue weighted by Gasteiger charge is 2.24. The van der Waals surface area contributed by atoms with Gasteiger partial charge in [-0.1, -0.05) is 20.8 Å². The highest BCUT2D eigenvalue weighted by atomic mass is 16.4. The van der Waals surface area contributed by atoms with Crippen molar-refractivity contribution in [2.24, 2.45) is 11.3 Å². The van der Waals surface area contributed by atoms with E-state index in [1.54, 1.807) is 12.3 Å². The van der Waals surface area contributed by atoms with Gasteiger partial charge in [-0.2, -0.15) is 5.26 Å². The molecule has 0 aliphatic carbocycles. The predicted octanol–water partition coefficient (Wildman–Crippen LogP) is 3.28. The summed E-state index contributed by atoms with van der Waals surface area (Å²) in [5.74, 6) is -0.445. The number of carbonyl (C=O) groups is 1. The number of aromatic nitrogens is 1. The molecule has 1 rings (SSSR count). The van der Waals surface area contributed by atoms with Crippen LogP contribution in [0, 0.1) is 22.7 Å². The monoisotopic (exact) mass is 289 g/mol. The van der Waals surface area contributed by atoms with Crippen LogP contribution in [0.3, 0.4) is 0 Å². The molecule has 0 spiro atoms. The first-order valence-corrected chi connectivity index (χ1v) is 7.15. The number of anilines is 1. The van der Waals surface area contributed by atoms with E-state index < -0.39 is 5.97 Å². The molecule has 1 atom stereocenters. The third-order valence-corrected chi connectivity index (χ3v) is 3.65.